The van der Waals surface area contributed by atoms with Crippen LogP contribution in [0.2, 0.25) is 0 Å². The van der Waals surface area contributed by atoms with Gasteiger partial charge in [-0.25, -0.2) is 22.0 Å². The number of ether oxygens (including phenoxy) is 3. The van der Waals surface area contributed by atoms with Crippen LogP contribution in [0.4, 0.5) is 13.6 Å². The molecule has 1 aromatic carbocycles. The van der Waals surface area contributed by atoms with Crippen LogP contribution < -0.4 is 4.74 Å². The molecule has 0 aliphatic carbocycles. The fourth-order valence-electron chi connectivity index (χ4n) is 3.53. The van der Waals surface area contributed by atoms with Crippen LogP contribution in [0.3, 0.4) is 0 Å². The van der Waals surface area contributed by atoms with E-state index in [0.717, 1.165) is 13.4 Å². The van der Waals surface area contributed by atoms with Gasteiger partial charge in [0.25, 0.3) is 5.92 Å². The van der Waals surface area contributed by atoms with Gasteiger partial charge in [0.1, 0.15) is 23.4 Å². The number of halogens is 2. The highest BCUT2D eigenvalue weighted by atomic mass is 32.2. The van der Waals surface area contributed by atoms with Crippen LogP contribution in [0, 0.1) is 0 Å². The summed E-state index contributed by atoms with van der Waals surface area (Å²) in [6.45, 7) is 3.68. The Kier molecular flexibility index (Phi) is 7.95. The number of carbonyl (C=O) groups is 2. The van der Waals surface area contributed by atoms with Gasteiger partial charge in [-0.3, -0.25) is 9.69 Å². The topological polar surface area (TPSA) is 102 Å². The predicted octanol–water partition coefficient (Wildman–Crippen LogP) is 2.64. The smallest absolute Gasteiger partial charge is 0.410 e. The van der Waals surface area contributed by atoms with Crippen molar-refractivity contribution in [2.24, 2.45) is 0 Å². The summed E-state index contributed by atoms with van der Waals surface area (Å²) in [6, 6.07) is 2.41. The first-order chi connectivity index (χ1) is 15.1. The average Bonchev–Trinajstić information content (AvgIpc) is 2.94. The Morgan fingerprint density at radius 2 is 1.76 bits per heavy atom. The Bertz CT molecular complexity index is 962. The van der Waals surface area contributed by atoms with E-state index in [2.05, 4.69) is 4.74 Å². The highest BCUT2D eigenvalue weighted by Crippen LogP contribution is 2.41. The van der Waals surface area contributed by atoms with Gasteiger partial charge in [-0.15, -0.1) is 0 Å². The average molecular weight is 493 g/mol. The summed E-state index contributed by atoms with van der Waals surface area (Å²) >= 11 is 0. The summed E-state index contributed by atoms with van der Waals surface area (Å²) in [5, 5.41) is 0. The second-order valence-corrected chi connectivity index (χ2v) is 10.7. The molecule has 0 saturated carbocycles. The normalized spacial score (nSPS) is 20.6. The molecule has 9 nitrogen and oxygen atoms in total. The number of alkyl halides is 2. The van der Waals surface area contributed by atoms with E-state index >= 15 is 8.78 Å². The Morgan fingerprint density at radius 1 is 1.18 bits per heavy atom. The molecule has 1 aromatic rings. The molecule has 0 unspecified atom stereocenters. The number of methoxy groups -OCH3 is 2. The van der Waals surface area contributed by atoms with E-state index in [4.69, 9.17) is 9.47 Å². The SMILES string of the molecule is COC(=O)C[C@H]1N(C(=O)OC(C)(C)C)C[C@@H](N(Cc2ccc(OC)cc2)S(C)(=O)=O)C1(F)F. The predicted molar refractivity (Wildman–Crippen MR) is 115 cm³/mol. The molecule has 0 bridgehead atoms. The van der Waals surface area contributed by atoms with Crippen molar-refractivity contribution in [1.29, 1.82) is 0 Å². The molecule has 1 heterocycles. The first kappa shape index (κ1) is 26.8. The molecule has 1 aliphatic heterocycles. The minimum Gasteiger partial charge on any atom is -0.497 e. The van der Waals surface area contributed by atoms with Gasteiger partial charge in [0.2, 0.25) is 10.0 Å². The number of rotatable bonds is 7. The molecule has 2 atom stereocenters. The van der Waals surface area contributed by atoms with Crippen LogP contribution in [-0.2, 0) is 30.8 Å². The number of hydrogen-bond acceptors (Lipinski definition) is 7. The molecule has 1 amide bonds. The molecule has 12 heteroatoms. The Labute approximate surface area is 192 Å². The summed E-state index contributed by atoms with van der Waals surface area (Å²) in [5.74, 6) is -4.21. The third kappa shape index (κ3) is 6.53. The van der Waals surface area contributed by atoms with Crippen LogP contribution >= 0.6 is 0 Å². The number of nitrogens with zero attached hydrogens (tertiary/aromatic N) is 2. The molecule has 186 valence electrons. The molecule has 1 fully saturated rings. The maximum atomic E-state index is 15.6. The zero-order chi connectivity index (χ0) is 25.2. The number of esters is 1. The van der Waals surface area contributed by atoms with Crippen molar-refractivity contribution in [3.63, 3.8) is 0 Å². The molecular formula is C21H30F2N2O7S. The van der Waals surface area contributed by atoms with Crippen molar-refractivity contribution < 1.29 is 41.0 Å². The quantitative estimate of drug-likeness (QED) is 0.539. The lowest BCUT2D eigenvalue weighted by atomic mass is 10.0. The molecule has 0 spiro atoms. The van der Waals surface area contributed by atoms with E-state index in [1.165, 1.54) is 7.11 Å². The highest BCUT2D eigenvalue weighted by molar-refractivity contribution is 7.88. The Balaban J connectivity index is 2.46. The van der Waals surface area contributed by atoms with Gasteiger partial charge in [-0.1, -0.05) is 12.1 Å². The van der Waals surface area contributed by atoms with Gasteiger partial charge in [-0.2, -0.15) is 4.31 Å². The monoisotopic (exact) mass is 492 g/mol. The second-order valence-electron chi connectivity index (χ2n) is 8.78. The Morgan fingerprint density at radius 3 is 2.21 bits per heavy atom. The van der Waals surface area contributed by atoms with E-state index < -0.39 is 58.7 Å². The van der Waals surface area contributed by atoms with Crippen molar-refractivity contribution in [2.75, 3.05) is 27.0 Å². The molecule has 2 rings (SSSR count). The minimum atomic E-state index is -4.15. The number of sulfonamides is 1. The fraction of sp³-hybridized carbons (Fsp3) is 0.619. The maximum Gasteiger partial charge on any atom is 0.410 e. The summed E-state index contributed by atoms with van der Waals surface area (Å²) in [4.78, 5) is 25.3. The van der Waals surface area contributed by atoms with Gasteiger partial charge in [0.15, 0.2) is 0 Å². The van der Waals surface area contributed by atoms with Gasteiger partial charge >= 0.3 is 12.1 Å². The lowest BCUT2D eigenvalue weighted by Gasteiger charge is -2.31. The summed E-state index contributed by atoms with van der Waals surface area (Å²) < 4.78 is 71.9. The van der Waals surface area contributed by atoms with E-state index in [-0.39, 0.29) is 6.54 Å². The first-order valence-corrected chi connectivity index (χ1v) is 12.0. The molecule has 0 N–H and O–H groups in total. The molecule has 0 aromatic heterocycles. The largest absolute Gasteiger partial charge is 0.497 e. The van der Waals surface area contributed by atoms with Crippen molar-refractivity contribution in [1.82, 2.24) is 9.21 Å². The second kappa shape index (κ2) is 9.80. The standard InChI is InChI=1S/C21H30F2N2O7S/c1-20(2,3)32-19(27)24-13-17(21(22,23)16(24)11-18(26)31-5)25(33(6,28)29)12-14-7-9-15(30-4)10-8-14/h7-10,16-17H,11-13H2,1-6H3/t16-,17-/m1/s1. The minimum absolute atomic E-state index is 0.365. The molecule has 0 radical (unpaired) electrons. The van der Waals surface area contributed by atoms with Crippen LogP contribution in [0.1, 0.15) is 32.8 Å². The summed E-state index contributed by atoms with van der Waals surface area (Å²) in [7, 11) is -1.65. The lowest BCUT2D eigenvalue weighted by Crippen LogP contribution is -2.52. The molecule has 33 heavy (non-hydrogen) atoms. The molecular weight excluding hydrogens is 462 g/mol. The number of likely N-dealkylation sites (tertiary alicyclic amines) is 1. The Hall–Kier alpha value is -2.47. The van der Waals surface area contributed by atoms with E-state index in [9.17, 15) is 18.0 Å². The number of amides is 1. The van der Waals surface area contributed by atoms with E-state index in [1.54, 1.807) is 45.0 Å². The van der Waals surface area contributed by atoms with Crippen LogP contribution in [0.25, 0.3) is 0 Å². The van der Waals surface area contributed by atoms with Crippen LogP contribution in [-0.4, -0.2) is 80.3 Å². The number of hydrogen-bond donors (Lipinski definition) is 0. The van der Waals surface area contributed by atoms with Gasteiger partial charge in [0.05, 0.1) is 26.9 Å². The third-order valence-corrected chi connectivity index (χ3v) is 6.36. The zero-order valence-corrected chi connectivity index (χ0v) is 20.3. The first-order valence-electron chi connectivity index (χ1n) is 10.1. The van der Waals surface area contributed by atoms with Crippen LogP contribution in [0.15, 0.2) is 24.3 Å². The van der Waals surface area contributed by atoms with E-state index in [0.29, 0.717) is 20.5 Å². The zero-order valence-electron chi connectivity index (χ0n) is 19.5. The summed E-state index contributed by atoms with van der Waals surface area (Å²) in [5.41, 5.74) is -0.544. The van der Waals surface area contributed by atoms with Gasteiger partial charge in [0, 0.05) is 13.1 Å². The molecule has 1 saturated heterocycles. The lowest BCUT2D eigenvalue weighted by molar-refractivity contribution is -0.145. The van der Waals surface area contributed by atoms with Crippen molar-refractivity contribution >= 4 is 22.1 Å². The van der Waals surface area contributed by atoms with Crippen LogP contribution in [0.5, 0.6) is 5.75 Å². The molecule has 1 aliphatic rings. The number of carbonyl (C=O) groups excluding carboxylic acids is 2. The van der Waals surface area contributed by atoms with Crippen molar-refractivity contribution in [2.45, 2.75) is 57.3 Å². The van der Waals surface area contributed by atoms with Gasteiger partial charge in [-0.05, 0) is 38.5 Å². The highest BCUT2D eigenvalue weighted by Gasteiger charge is 2.62. The van der Waals surface area contributed by atoms with Crippen molar-refractivity contribution in [3.05, 3.63) is 29.8 Å². The van der Waals surface area contributed by atoms with Gasteiger partial charge < -0.3 is 14.2 Å². The maximum absolute atomic E-state index is 15.6. The third-order valence-electron chi connectivity index (χ3n) is 5.12. The number of benzene rings is 1. The summed E-state index contributed by atoms with van der Waals surface area (Å²) in [6.07, 6.45) is -1.08. The van der Waals surface area contributed by atoms with Crippen molar-refractivity contribution in [3.8, 4) is 5.75 Å². The van der Waals surface area contributed by atoms with E-state index in [1.807, 2.05) is 0 Å². The fourth-order valence-corrected chi connectivity index (χ4v) is 4.58.